The van der Waals surface area contributed by atoms with Gasteiger partial charge in [0.05, 0.1) is 11.5 Å². The number of rotatable bonds is 1. The first-order chi connectivity index (χ1) is 10.0. The summed E-state index contributed by atoms with van der Waals surface area (Å²) in [4.78, 5) is 13.8. The quantitative estimate of drug-likeness (QED) is 0.841. The van der Waals surface area contributed by atoms with E-state index < -0.39 is 9.84 Å². The lowest BCUT2D eigenvalue weighted by molar-refractivity contribution is 0.196. The molecule has 1 heterocycles. The molecule has 1 aliphatic carbocycles. The molecule has 6 heteroatoms. The van der Waals surface area contributed by atoms with Crippen molar-refractivity contribution in [3.8, 4) is 0 Å². The Morgan fingerprint density at radius 2 is 1.81 bits per heavy atom. The van der Waals surface area contributed by atoms with Gasteiger partial charge in [0.25, 0.3) is 0 Å². The summed E-state index contributed by atoms with van der Waals surface area (Å²) in [5, 5.41) is 3.05. The van der Waals surface area contributed by atoms with Gasteiger partial charge in [0.1, 0.15) is 0 Å². The zero-order chi connectivity index (χ0) is 14.9. The van der Waals surface area contributed by atoms with Gasteiger partial charge in [-0.25, -0.2) is 13.2 Å². The molecule has 1 fully saturated rings. The molecule has 2 amide bonds. The van der Waals surface area contributed by atoms with Gasteiger partial charge in [-0.2, -0.15) is 0 Å². The molecule has 0 spiro atoms. The molecule has 3 rings (SSSR count). The Kier molecular flexibility index (Phi) is 3.89. The van der Waals surface area contributed by atoms with Crippen LogP contribution in [0.5, 0.6) is 0 Å². The van der Waals surface area contributed by atoms with Gasteiger partial charge in [0.2, 0.25) is 0 Å². The maximum Gasteiger partial charge on any atom is 0.317 e. The molecule has 114 valence electrons. The Hall–Kier alpha value is -1.56. The Morgan fingerprint density at radius 3 is 2.52 bits per heavy atom. The summed E-state index contributed by atoms with van der Waals surface area (Å²) in [5.74, 6) is 0.155. The standard InChI is InChI=1S/C15H20N2O3S/c18-15(17-7-9-21(19,20)10-8-17)16-14-6-5-12-3-1-2-4-13(12)11-14/h1-4,14H,5-11H2,(H,16,18)/t14-/m0/s1. The van der Waals surface area contributed by atoms with Crippen LogP contribution in [0.25, 0.3) is 0 Å². The zero-order valence-corrected chi connectivity index (χ0v) is 12.7. The summed E-state index contributed by atoms with van der Waals surface area (Å²) >= 11 is 0. The minimum Gasteiger partial charge on any atom is -0.335 e. The van der Waals surface area contributed by atoms with E-state index in [0.29, 0.717) is 13.1 Å². The van der Waals surface area contributed by atoms with E-state index in [2.05, 4.69) is 17.4 Å². The highest BCUT2D eigenvalue weighted by Crippen LogP contribution is 2.21. The van der Waals surface area contributed by atoms with Gasteiger partial charge < -0.3 is 10.2 Å². The molecule has 1 aromatic carbocycles. The minimum atomic E-state index is -2.94. The van der Waals surface area contributed by atoms with E-state index in [0.717, 1.165) is 19.3 Å². The number of hydrogen-bond donors (Lipinski definition) is 1. The molecule has 0 bridgehead atoms. The van der Waals surface area contributed by atoms with Crippen molar-refractivity contribution in [3.63, 3.8) is 0 Å². The Balaban J connectivity index is 1.57. The van der Waals surface area contributed by atoms with Crippen LogP contribution in [0.15, 0.2) is 24.3 Å². The first-order valence-electron chi connectivity index (χ1n) is 7.36. The van der Waals surface area contributed by atoms with Crippen molar-refractivity contribution in [3.05, 3.63) is 35.4 Å². The number of sulfone groups is 1. The lowest BCUT2D eigenvalue weighted by atomic mass is 9.88. The van der Waals surface area contributed by atoms with Crippen LogP contribution in [0.1, 0.15) is 17.5 Å². The second kappa shape index (κ2) is 5.67. The Morgan fingerprint density at radius 1 is 1.14 bits per heavy atom. The third kappa shape index (κ3) is 3.37. The van der Waals surface area contributed by atoms with Crippen molar-refractivity contribution < 1.29 is 13.2 Å². The van der Waals surface area contributed by atoms with Crippen LogP contribution in [0.4, 0.5) is 4.79 Å². The van der Waals surface area contributed by atoms with Crippen LogP contribution < -0.4 is 5.32 Å². The first-order valence-corrected chi connectivity index (χ1v) is 9.18. The topological polar surface area (TPSA) is 66.5 Å². The summed E-state index contributed by atoms with van der Waals surface area (Å²) in [5.41, 5.74) is 2.67. The number of urea groups is 1. The molecule has 5 nitrogen and oxygen atoms in total. The van der Waals surface area contributed by atoms with Crippen molar-refractivity contribution >= 4 is 15.9 Å². The van der Waals surface area contributed by atoms with E-state index in [1.807, 2.05) is 12.1 Å². The summed E-state index contributed by atoms with van der Waals surface area (Å²) in [6.45, 7) is 0.606. The molecule has 1 aromatic rings. The molecule has 21 heavy (non-hydrogen) atoms. The van der Waals surface area contributed by atoms with Gasteiger partial charge >= 0.3 is 6.03 Å². The molecule has 0 unspecified atom stereocenters. The van der Waals surface area contributed by atoms with E-state index in [1.54, 1.807) is 4.90 Å². The van der Waals surface area contributed by atoms with Crippen molar-refractivity contribution in [1.82, 2.24) is 10.2 Å². The smallest absolute Gasteiger partial charge is 0.317 e. The number of amides is 2. The second-order valence-corrected chi connectivity index (χ2v) is 8.10. The van der Waals surface area contributed by atoms with E-state index in [9.17, 15) is 13.2 Å². The van der Waals surface area contributed by atoms with Crippen molar-refractivity contribution in [2.75, 3.05) is 24.6 Å². The lowest BCUT2D eigenvalue weighted by Crippen LogP contribution is -2.51. The van der Waals surface area contributed by atoms with Gasteiger partial charge in [-0.1, -0.05) is 24.3 Å². The van der Waals surface area contributed by atoms with E-state index in [1.165, 1.54) is 11.1 Å². The molecule has 1 saturated heterocycles. The van der Waals surface area contributed by atoms with Gasteiger partial charge in [-0.15, -0.1) is 0 Å². The predicted molar refractivity (Wildman–Crippen MR) is 81.0 cm³/mol. The number of aryl methyl sites for hydroxylation is 1. The van der Waals surface area contributed by atoms with Gasteiger partial charge in [0.15, 0.2) is 9.84 Å². The minimum absolute atomic E-state index is 0.0773. The fourth-order valence-electron chi connectivity index (χ4n) is 3.00. The molecule has 0 saturated carbocycles. The van der Waals surface area contributed by atoms with Crippen molar-refractivity contribution in [2.45, 2.75) is 25.3 Å². The van der Waals surface area contributed by atoms with Gasteiger partial charge in [-0.05, 0) is 30.4 Å². The normalized spacial score (nSPS) is 24.2. The number of carbonyl (C=O) groups excluding carboxylic acids is 1. The van der Waals surface area contributed by atoms with Gasteiger partial charge in [0, 0.05) is 19.1 Å². The summed E-state index contributed by atoms with van der Waals surface area (Å²) in [6.07, 6.45) is 2.78. The van der Waals surface area contributed by atoms with Crippen LogP contribution in [0.2, 0.25) is 0 Å². The molecule has 2 aliphatic rings. The zero-order valence-electron chi connectivity index (χ0n) is 11.9. The fourth-order valence-corrected chi connectivity index (χ4v) is 4.20. The van der Waals surface area contributed by atoms with Crippen LogP contribution >= 0.6 is 0 Å². The number of fused-ring (bicyclic) bond motifs is 1. The molecular weight excluding hydrogens is 288 g/mol. The van der Waals surface area contributed by atoms with Crippen molar-refractivity contribution in [2.24, 2.45) is 0 Å². The average Bonchev–Trinajstić information content (AvgIpc) is 2.47. The number of carbonyl (C=O) groups is 1. The van der Waals surface area contributed by atoms with Crippen LogP contribution in [-0.4, -0.2) is 50.0 Å². The molecule has 0 radical (unpaired) electrons. The van der Waals surface area contributed by atoms with Crippen LogP contribution in [-0.2, 0) is 22.7 Å². The molecule has 1 N–H and O–H groups in total. The van der Waals surface area contributed by atoms with E-state index >= 15 is 0 Å². The lowest BCUT2D eigenvalue weighted by Gasteiger charge is -2.31. The average molecular weight is 308 g/mol. The molecular formula is C15H20N2O3S. The Labute approximate surface area is 125 Å². The van der Waals surface area contributed by atoms with Crippen LogP contribution in [0.3, 0.4) is 0 Å². The highest BCUT2D eigenvalue weighted by Gasteiger charge is 2.27. The number of benzene rings is 1. The summed E-state index contributed by atoms with van der Waals surface area (Å²) in [6, 6.07) is 8.34. The van der Waals surface area contributed by atoms with E-state index in [4.69, 9.17) is 0 Å². The largest absolute Gasteiger partial charge is 0.335 e. The van der Waals surface area contributed by atoms with Gasteiger partial charge in [-0.3, -0.25) is 0 Å². The highest BCUT2D eigenvalue weighted by atomic mass is 32.2. The highest BCUT2D eigenvalue weighted by molar-refractivity contribution is 7.91. The third-order valence-corrected chi connectivity index (χ3v) is 5.92. The number of hydrogen-bond acceptors (Lipinski definition) is 3. The number of nitrogens with zero attached hydrogens (tertiary/aromatic N) is 1. The third-order valence-electron chi connectivity index (χ3n) is 4.31. The monoisotopic (exact) mass is 308 g/mol. The Bertz CT molecular complexity index is 628. The maximum atomic E-state index is 12.2. The van der Waals surface area contributed by atoms with Crippen molar-refractivity contribution in [1.29, 1.82) is 0 Å². The first kappa shape index (κ1) is 14.4. The SMILES string of the molecule is O=C(N[C@H]1CCc2ccccc2C1)N1CCS(=O)(=O)CC1. The summed E-state index contributed by atoms with van der Waals surface area (Å²) in [7, 11) is -2.94. The molecule has 1 aliphatic heterocycles. The fraction of sp³-hybridized carbons (Fsp3) is 0.533. The number of nitrogens with one attached hydrogen (secondary N) is 1. The maximum absolute atomic E-state index is 12.2. The predicted octanol–water partition coefficient (Wildman–Crippen LogP) is 0.984. The second-order valence-electron chi connectivity index (χ2n) is 5.80. The molecule has 0 aromatic heterocycles. The molecule has 1 atom stereocenters. The van der Waals surface area contributed by atoms with E-state index in [-0.39, 0.29) is 23.6 Å². The van der Waals surface area contributed by atoms with Crippen LogP contribution in [0, 0.1) is 0 Å². The summed E-state index contributed by atoms with van der Waals surface area (Å²) < 4.78 is 22.8.